The number of hydrogen-bond acceptors (Lipinski definition) is 3. The van der Waals surface area contributed by atoms with Gasteiger partial charge in [0.15, 0.2) is 0 Å². The Balaban J connectivity index is 1.52. The molecule has 3 fully saturated rings. The summed E-state index contributed by atoms with van der Waals surface area (Å²) in [5.41, 5.74) is 2.94. The SMILES string of the molecule is Cc1ccc(-n2ncc(C34CC(NC(=O)O)(C3)C4)n2)cc1. The van der Waals surface area contributed by atoms with Gasteiger partial charge in [-0.2, -0.15) is 15.0 Å². The average molecular weight is 284 g/mol. The summed E-state index contributed by atoms with van der Waals surface area (Å²) in [6, 6.07) is 8.06. The van der Waals surface area contributed by atoms with Gasteiger partial charge in [-0.25, -0.2) is 4.79 Å². The van der Waals surface area contributed by atoms with E-state index in [0.29, 0.717) is 0 Å². The van der Waals surface area contributed by atoms with Gasteiger partial charge in [0.25, 0.3) is 0 Å². The van der Waals surface area contributed by atoms with Gasteiger partial charge in [-0.3, -0.25) is 0 Å². The Kier molecular flexibility index (Phi) is 2.26. The van der Waals surface area contributed by atoms with Gasteiger partial charge in [-0.1, -0.05) is 17.7 Å². The molecule has 0 atom stereocenters. The predicted octanol–water partition coefficient (Wildman–Crippen LogP) is 2.02. The van der Waals surface area contributed by atoms with Gasteiger partial charge in [0.1, 0.15) is 0 Å². The van der Waals surface area contributed by atoms with E-state index in [0.717, 1.165) is 30.6 Å². The van der Waals surface area contributed by atoms with Crippen molar-refractivity contribution < 1.29 is 9.90 Å². The first-order chi connectivity index (χ1) is 10.0. The number of rotatable bonds is 3. The molecule has 3 saturated carbocycles. The lowest BCUT2D eigenvalue weighted by molar-refractivity contribution is -0.0850. The maximum absolute atomic E-state index is 10.7. The molecule has 1 heterocycles. The van der Waals surface area contributed by atoms with Crippen LogP contribution in [0, 0.1) is 6.92 Å². The van der Waals surface area contributed by atoms with Crippen LogP contribution < -0.4 is 5.32 Å². The van der Waals surface area contributed by atoms with Crippen molar-refractivity contribution in [1.29, 1.82) is 0 Å². The van der Waals surface area contributed by atoms with E-state index in [-0.39, 0.29) is 11.0 Å². The number of nitrogens with zero attached hydrogens (tertiary/aromatic N) is 3. The molecule has 5 rings (SSSR count). The summed E-state index contributed by atoms with van der Waals surface area (Å²) in [6.45, 7) is 2.04. The number of hydrogen-bond donors (Lipinski definition) is 2. The number of amides is 1. The fourth-order valence-corrected chi connectivity index (χ4v) is 3.73. The van der Waals surface area contributed by atoms with E-state index in [9.17, 15) is 4.79 Å². The Morgan fingerprint density at radius 1 is 1.29 bits per heavy atom. The van der Waals surface area contributed by atoms with Gasteiger partial charge < -0.3 is 10.4 Å². The fraction of sp³-hybridized carbons (Fsp3) is 0.400. The summed E-state index contributed by atoms with van der Waals surface area (Å²) in [5, 5.41) is 20.4. The molecule has 3 aliphatic rings. The minimum absolute atomic E-state index is 0.0331. The lowest BCUT2D eigenvalue weighted by Crippen LogP contribution is -2.76. The highest BCUT2D eigenvalue weighted by atomic mass is 16.4. The second-order valence-corrected chi connectivity index (χ2v) is 6.38. The van der Waals surface area contributed by atoms with Crippen molar-refractivity contribution >= 4 is 6.09 Å². The van der Waals surface area contributed by atoms with Crippen LogP contribution in [0.15, 0.2) is 30.5 Å². The van der Waals surface area contributed by atoms with Crippen LogP contribution in [0.25, 0.3) is 5.69 Å². The van der Waals surface area contributed by atoms with Crippen molar-refractivity contribution in [2.24, 2.45) is 0 Å². The van der Waals surface area contributed by atoms with Crippen LogP contribution >= 0.6 is 0 Å². The van der Waals surface area contributed by atoms with Crippen molar-refractivity contribution in [1.82, 2.24) is 20.3 Å². The molecule has 1 amide bonds. The van der Waals surface area contributed by atoms with Crippen LogP contribution in [0.1, 0.15) is 30.5 Å². The van der Waals surface area contributed by atoms with Crippen LogP contribution in [0.2, 0.25) is 0 Å². The number of benzene rings is 1. The van der Waals surface area contributed by atoms with Crippen molar-refractivity contribution in [3.8, 4) is 5.69 Å². The second kappa shape index (κ2) is 3.84. The molecule has 1 aromatic carbocycles. The molecular weight excluding hydrogens is 268 g/mol. The first kappa shape index (κ1) is 12.4. The molecule has 6 heteroatoms. The largest absolute Gasteiger partial charge is 0.465 e. The van der Waals surface area contributed by atoms with Crippen molar-refractivity contribution in [3.05, 3.63) is 41.7 Å². The Morgan fingerprint density at radius 3 is 2.57 bits per heavy atom. The molecule has 21 heavy (non-hydrogen) atoms. The molecule has 0 unspecified atom stereocenters. The highest BCUT2D eigenvalue weighted by Crippen LogP contribution is 2.67. The van der Waals surface area contributed by atoms with Gasteiger partial charge in [-0.15, -0.1) is 0 Å². The maximum Gasteiger partial charge on any atom is 0.405 e. The summed E-state index contributed by atoms with van der Waals surface area (Å²) in [4.78, 5) is 12.4. The van der Waals surface area contributed by atoms with E-state index in [1.807, 2.05) is 37.4 Å². The molecular formula is C15H16N4O2. The molecule has 6 nitrogen and oxygen atoms in total. The summed E-state index contributed by atoms with van der Waals surface area (Å²) in [5.74, 6) is 0. The van der Waals surface area contributed by atoms with Crippen LogP contribution in [0.3, 0.4) is 0 Å². The molecule has 108 valence electrons. The standard InChI is InChI=1S/C15H16N4O2/c1-10-2-4-11(5-3-10)19-16-6-12(18-19)14-7-15(8-14,9-14)17-13(20)21/h2-6,17H,7-9H2,1H3,(H,20,21). The monoisotopic (exact) mass is 284 g/mol. The van der Waals surface area contributed by atoms with E-state index < -0.39 is 6.09 Å². The Bertz CT molecular complexity index is 700. The number of carbonyl (C=O) groups is 1. The van der Waals surface area contributed by atoms with Crippen LogP contribution in [-0.4, -0.2) is 31.7 Å². The quantitative estimate of drug-likeness (QED) is 0.903. The number of aryl methyl sites for hydroxylation is 1. The highest BCUT2D eigenvalue weighted by Gasteiger charge is 2.70. The number of carboxylic acid groups (broad SMARTS) is 1. The van der Waals surface area contributed by atoms with E-state index >= 15 is 0 Å². The van der Waals surface area contributed by atoms with Gasteiger partial charge in [-0.05, 0) is 38.3 Å². The van der Waals surface area contributed by atoms with Crippen molar-refractivity contribution in [2.75, 3.05) is 0 Å². The molecule has 2 aromatic rings. The summed E-state index contributed by atoms with van der Waals surface area (Å²) in [7, 11) is 0. The topological polar surface area (TPSA) is 80.0 Å². The molecule has 0 radical (unpaired) electrons. The third-order valence-corrected chi connectivity index (χ3v) is 4.70. The Labute approximate surface area is 121 Å². The van der Waals surface area contributed by atoms with Crippen molar-refractivity contribution in [3.63, 3.8) is 0 Å². The third kappa shape index (κ3) is 1.75. The summed E-state index contributed by atoms with van der Waals surface area (Å²) in [6.07, 6.45) is 3.37. The maximum atomic E-state index is 10.7. The highest BCUT2D eigenvalue weighted by molar-refractivity contribution is 5.67. The van der Waals surface area contributed by atoms with E-state index in [4.69, 9.17) is 5.11 Å². The molecule has 0 aliphatic heterocycles. The number of nitrogens with one attached hydrogen (secondary N) is 1. The van der Waals surface area contributed by atoms with Crippen LogP contribution in [0.5, 0.6) is 0 Å². The first-order valence-corrected chi connectivity index (χ1v) is 7.01. The molecule has 2 bridgehead atoms. The Hall–Kier alpha value is -2.37. The minimum atomic E-state index is -0.938. The lowest BCUT2D eigenvalue weighted by Gasteiger charge is -2.69. The molecule has 0 spiro atoms. The van der Waals surface area contributed by atoms with Crippen LogP contribution in [0.4, 0.5) is 4.79 Å². The molecule has 1 aromatic heterocycles. The molecule has 0 saturated heterocycles. The van der Waals surface area contributed by atoms with E-state index in [1.54, 1.807) is 4.80 Å². The normalized spacial score (nSPS) is 29.4. The van der Waals surface area contributed by atoms with Gasteiger partial charge in [0, 0.05) is 11.0 Å². The van der Waals surface area contributed by atoms with E-state index in [2.05, 4.69) is 15.5 Å². The van der Waals surface area contributed by atoms with Gasteiger partial charge in [0.05, 0.1) is 17.6 Å². The zero-order valence-corrected chi connectivity index (χ0v) is 11.7. The first-order valence-electron chi connectivity index (χ1n) is 7.01. The zero-order valence-electron chi connectivity index (χ0n) is 11.7. The van der Waals surface area contributed by atoms with Gasteiger partial charge >= 0.3 is 6.09 Å². The van der Waals surface area contributed by atoms with Crippen LogP contribution in [-0.2, 0) is 5.41 Å². The average Bonchev–Trinajstić information content (AvgIpc) is 2.82. The summed E-state index contributed by atoms with van der Waals surface area (Å²) < 4.78 is 0. The predicted molar refractivity (Wildman–Crippen MR) is 75.5 cm³/mol. The Morgan fingerprint density at radius 2 is 1.95 bits per heavy atom. The lowest BCUT2D eigenvalue weighted by atomic mass is 9.38. The van der Waals surface area contributed by atoms with Crippen molar-refractivity contribution in [2.45, 2.75) is 37.1 Å². The molecule has 3 aliphatic carbocycles. The minimum Gasteiger partial charge on any atom is -0.465 e. The fourth-order valence-electron chi connectivity index (χ4n) is 3.73. The molecule has 2 N–H and O–H groups in total. The third-order valence-electron chi connectivity index (χ3n) is 4.70. The van der Waals surface area contributed by atoms with E-state index in [1.165, 1.54) is 5.56 Å². The summed E-state index contributed by atoms with van der Waals surface area (Å²) >= 11 is 0. The van der Waals surface area contributed by atoms with Gasteiger partial charge in [0.2, 0.25) is 0 Å². The second-order valence-electron chi connectivity index (χ2n) is 6.38. The smallest absolute Gasteiger partial charge is 0.405 e. The zero-order chi connectivity index (χ0) is 14.7. The number of aromatic nitrogens is 3.